The Morgan fingerprint density at radius 3 is 2.40 bits per heavy atom. The van der Waals surface area contributed by atoms with Crippen LogP contribution in [0, 0.1) is 0 Å². The number of carbonyl (C=O) groups excluding carboxylic acids is 1. The van der Waals surface area contributed by atoms with E-state index in [4.69, 9.17) is 5.11 Å². The van der Waals surface area contributed by atoms with Gasteiger partial charge in [0.2, 0.25) is 0 Å². The van der Waals surface area contributed by atoms with Crippen LogP contribution in [-0.4, -0.2) is 52.1 Å². The molecule has 1 N–H and O–H groups in total. The molecule has 2 amide bonds. The number of aliphatic carboxylic acids is 1. The molecule has 0 radical (unpaired) electrons. The van der Waals surface area contributed by atoms with E-state index < -0.39 is 5.97 Å². The zero-order valence-corrected chi connectivity index (χ0v) is 12.4. The molecule has 0 aromatic rings. The molecule has 1 saturated heterocycles. The van der Waals surface area contributed by atoms with E-state index in [2.05, 4.69) is 0 Å². The van der Waals surface area contributed by atoms with Crippen molar-refractivity contribution in [2.45, 2.75) is 70.4 Å². The van der Waals surface area contributed by atoms with Crippen molar-refractivity contribution in [1.82, 2.24) is 9.80 Å². The molecule has 2 rings (SSSR count). The lowest BCUT2D eigenvalue weighted by atomic mass is 9.99. The minimum Gasteiger partial charge on any atom is -0.481 e. The number of piperidine rings is 1. The van der Waals surface area contributed by atoms with Crippen LogP contribution in [0.25, 0.3) is 0 Å². The molecule has 1 atom stereocenters. The minimum absolute atomic E-state index is 0.0605. The fourth-order valence-corrected chi connectivity index (χ4v) is 3.60. The highest BCUT2D eigenvalue weighted by molar-refractivity contribution is 5.76. The maximum atomic E-state index is 12.8. The van der Waals surface area contributed by atoms with E-state index in [1.54, 1.807) is 0 Å². The maximum Gasteiger partial charge on any atom is 0.320 e. The topological polar surface area (TPSA) is 60.9 Å². The predicted molar refractivity (Wildman–Crippen MR) is 76.6 cm³/mol. The van der Waals surface area contributed by atoms with Gasteiger partial charge in [0.05, 0.1) is 6.42 Å². The standard InChI is InChI=1S/C15H26N2O3/c1-2-16(12-7-3-4-8-12)15(20)17-10-6-5-9-13(17)11-14(18)19/h12-13H,2-11H2,1H3,(H,18,19). The summed E-state index contributed by atoms with van der Waals surface area (Å²) in [5.74, 6) is -0.807. The van der Waals surface area contributed by atoms with Crippen molar-refractivity contribution < 1.29 is 14.7 Å². The highest BCUT2D eigenvalue weighted by Gasteiger charge is 2.34. The van der Waals surface area contributed by atoms with E-state index in [0.29, 0.717) is 12.6 Å². The highest BCUT2D eigenvalue weighted by atomic mass is 16.4. The summed E-state index contributed by atoms with van der Waals surface area (Å²) in [5.41, 5.74) is 0. The first-order valence-corrected chi connectivity index (χ1v) is 7.92. The van der Waals surface area contributed by atoms with Gasteiger partial charge >= 0.3 is 12.0 Å². The highest BCUT2D eigenvalue weighted by Crippen LogP contribution is 2.27. The molecule has 114 valence electrons. The van der Waals surface area contributed by atoms with Gasteiger partial charge in [-0.15, -0.1) is 0 Å². The number of amides is 2. The van der Waals surface area contributed by atoms with E-state index in [9.17, 15) is 9.59 Å². The fraction of sp³-hybridized carbons (Fsp3) is 0.867. The molecule has 1 aliphatic heterocycles. The SMILES string of the molecule is CCN(C(=O)N1CCCCC1CC(=O)O)C1CCCC1. The van der Waals surface area contributed by atoms with Crippen molar-refractivity contribution in [2.24, 2.45) is 0 Å². The van der Waals surface area contributed by atoms with Crippen LogP contribution in [0.2, 0.25) is 0 Å². The van der Waals surface area contributed by atoms with Crippen molar-refractivity contribution >= 4 is 12.0 Å². The average molecular weight is 282 g/mol. The van der Waals surface area contributed by atoms with Crippen LogP contribution in [0.1, 0.15) is 58.3 Å². The number of nitrogens with zero attached hydrogens (tertiary/aromatic N) is 2. The van der Waals surface area contributed by atoms with Gasteiger partial charge in [-0.1, -0.05) is 12.8 Å². The monoisotopic (exact) mass is 282 g/mol. The van der Waals surface area contributed by atoms with Gasteiger partial charge in [0.1, 0.15) is 0 Å². The summed E-state index contributed by atoms with van der Waals surface area (Å²) in [6, 6.07) is 0.300. The van der Waals surface area contributed by atoms with Crippen LogP contribution in [0.5, 0.6) is 0 Å². The van der Waals surface area contributed by atoms with Gasteiger partial charge in [-0.3, -0.25) is 4.79 Å². The Morgan fingerprint density at radius 1 is 1.15 bits per heavy atom. The second-order valence-electron chi connectivity index (χ2n) is 5.95. The van der Waals surface area contributed by atoms with Crippen molar-refractivity contribution in [1.29, 1.82) is 0 Å². The predicted octanol–water partition coefficient (Wildman–Crippen LogP) is 2.70. The molecule has 1 saturated carbocycles. The Labute approximate surface area is 120 Å². The van der Waals surface area contributed by atoms with E-state index >= 15 is 0 Å². The van der Waals surface area contributed by atoms with E-state index in [-0.39, 0.29) is 18.5 Å². The van der Waals surface area contributed by atoms with E-state index in [1.165, 1.54) is 12.8 Å². The van der Waals surface area contributed by atoms with Gasteiger partial charge in [-0.2, -0.15) is 0 Å². The summed E-state index contributed by atoms with van der Waals surface area (Å²) in [6.45, 7) is 3.45. The number of rotatable bonds is 4. The Balaban J connectivity index is 2.04. The van der Waals surface area contributed by atoms with Gasteiger partial charge in [0.25, 0.3) is 0 Å². The molecule has 2 fully saturated rings. The quantitative estimate of drug-likeness (QED) is 0.862. The molecule has 5 nitrogen and oxygen atoms in total. The van der Waals surface area contributed by atoms with Crippen LogP contribution >= 0.6 is 0 Å². The van der Waals surface area contributed by atoms with Gasteiger partial charge < -0.3 is 14.9 Å². The van der Waals surface area contributed by atoms with Crippen LogP contribution in [0.3, 0.4) is 0 Å². The summed E-state index contributed by atoms with van der Waals surface area (Å²) in [5, 5.41) is 9.02. The van der Waals surface area contributed by atoms with Crippen LogP contribution < -0.4 is 0 Å². The smallest absolute Gasteiger partial charge is 0.320 e. The molecule has 5 heteroatoms. The third kappa shape index (κ3) is 3.44. The van der Waals surface area contributed by atoms with Crippen molar-refractivity contribution in [3.05, 3.63) is 0 Å². The minimum atomic E-state index is -0.807. The number of carbonyl (C=O) groups is 2. The van der Waals surface area contributed by atoms with Crippen LogP contribution in [0.15, 0.2) is 0 Å². The summed E-state index contributed by atoms with van der Waals surface area (Å²) >= 11 is 0. The summed E-state index contributed by atoms with van der Waals surface area (Å²) in [4.78, 5) is 27.5. The lowest BCUT2D eigenvalue weighted by molar-refractivity contribution is -0.138. The number of carboxylic acids is 1. The van der Waals surface area contributed by atoms with Gasteiger partial charge in [0.15, 0.2) is 0 Å². The van der Waals surface area contributed by atoms with E-state index in [0.717, 1.165) is 38.6 Å². The maximum absolute atomic E-state index is 12.8. The molecule has 0 aromatic heterocycles. The summed E-state index contributed by atoms with van der Waals surface area (Å²) < 4.78 is 0. The first-order valence-electron chi connectivity index (χ1n) is 7.92. The second kappa shape index (κ2) is 6.95. The molecule has 20 heavy (non-hydrogen) atoms. The molecule has 1 unspecified atom stereocenters. The Hall–Kier alpha value is -1.26. The normalized spacial score (nSPS) is 23.9. The third-order valence-corrected chi connectivity index (χ3v) is 4.63. The summed E-state index contributed by atoms with van der Waals surface area (Å²) in [6.07, 6.45) is 7.50. The zero-order chi connectivity index (χ0) is 14.5. The molecule has 0 aromatic carbocycles. The second-order valence-corrected chi connectivity index (χ2v) is 5.95. The Bertz CT molecular complexity index is 353. The number of hydrogen-bond donors (Lipinski definition) is 1. The molecular formula is C15H26N2O3. The van der Waals surface area contributed by atoms with Gasteiger partial charge in [0, 0.05) is 25.2 Å². The van der Waals surface area contributed by atoms with Crippen LogP contribution in [-0.2, 0) is 4.79 Å². The molecule has 2 aliphatic rings. The zero-order valence-electron chi connectivity index (χ0n) is 12.4. The first-order chi connectivity index (χ1) is 9.63. The van der Waals surface area contributed by atoms with Crippen LogP contribution in [0.4, 0.5) is 4.79 Å². The molecule has 1 aliphatic carbocycles. The number of hydrogen-bond acceptors (Lipinski definition) is 2. The Morgan fingerprint density at radius 2 is 1.80 bits per heavy atom. The summed E-state index contributed by atoms with van der Waals surface area (Å²) in [7, 11) is 0. The number of carboxylic acid groups (broad SMARTS) is 1. The number of urea groups is 1. The van der Waals surface area contributed by atoms with E-state index in [1.807, 2.05) is 16.7 Å². The molecule has 1 heterocycles. The lowest BCUT2D eigenvalue weighted by Crippen LogP contribution is -2.53. The first kappa shape index (κ1) is 15.1. The largest absolute Gasteiger partial charge is 0.481 e. The van der Waals surface area contributed by atoms with Crippen molar-refractivity contribution in [3.8, 4) is 0 Å². The fourth-order valence-electron chi connectivity index (χ4n) is 3.60. The average Bonchev–Trinajstić information content (AvgIpc) is 2.93. The van der Waals surface area contributed by atoms with Crippen molar-refractivity contribution in [2.75, 3.05) is 13.1 Å². The lowest BCUT2D eigenvalue weighted by Gasteiger charge is -2.40. The van der Waals surface area contributed by atoms with Gasteiger partial charge in [-0.25, -0.2) is 4.79 Å². The number of likely N-dealkylation sites (tertiary alicyclic amines) is 1. The van der Waals surface area contributed by atoms with Gasteiger partial charge in [-0.05, 0) is 39.0 Å². The molecule has 0 bridgehead atoms. The molecular weight excluding hydrogens is 256 g/mol. The van der Waals surface area contributed by atoms with Crippen molar-refractivity contribution in [3.63, 3.8) is 0 Å². The Kier molecular flexibility index (Phi) is 5.26. The molecule has 0 spiro atoms. The third-order valence-electron chi connectivity index (χ3n) is 4.63.